The molecule has 78 valence electrons. The molecular weight excluding hydrogens is 198 g/mol. The first-order chi connectivity index (χ1) is 6.16. The van der Waals surface area contributed by atoms with Gasteiger partial charge in [-0.1, -0.05) is 6.07 Å². The molecule has 3 heteroatoms. The van der Waals surface area contributed by atoms with Crippen LogP contribution in [0.25, 0.3) is 0 Å². The van der Waals surface area contributed by atoms with Gasteiger partial charge in [0.2, 0.25) is 0 Å². The Morgan fingerprint density at radius 2 is 1.93 bits per heavy atom. The minimum Gasteiger partial charge on any atom is -0.492 e. The highest BCUT2D eigenvalue weighted by atomic mass is 35.5. The maximum Gasteiger partial charge on any atom is 0.122 e. The molecule has 1 atom stereocenters. The van der Waals surface area contributed by atoms with Crippen LogP contribution in [0.5, 0.6) is 5.75 Å². The largest absolute Gasteiger partial charge is 0.492 e. The van der Waals surface area contributed by atoms with E-state index in [1.54, 1.807) is 0 Å². The molecule has 0 fully saturated rings. The van der Waals surface area contributed by atoms with Gasteiger partial charge in [0.05, 0.1) is 0 Å². The molecule has 0 saturated heterocycles. The topological polar surface area (TPSA) is 35.2 Å². The summed E-state index contributed by atoms with van der Waals surface area (Å²) in [5.74, 6) is 1.02. The predicted octanol–water partition coefficient (Wildman–Crippen LogP) is 1.99. The van der Waals surface area contributed by atoms with E-state index < -0.39 is 0 Å². The first kappa shape index (κ1) is 11.3. The van der Waals surface area contributed by atoms with Gasteiger partial charge in [0, 0.05) is 6.04 Å². The monoisotopic (exact) mass is 213 g/mol. The van der Waals surface area contributed by atoms with Gasteiger partial charge in [0.1, 0.15) is 12.4 Å². The average Bonchev–Trinajstić information content (AvgIpc) is 2.08. The van der Waals surface area contributed by atoms with Gasteiger partial charge in [-0.25, -0.2) is 0 Å². The van der Waals surface area contributed by atoms with Crippen LogP contribution in [-0.2, 0) is 6.42 Å². The molecule has 0 spiro atoms. The summed E-state index contributed by atoms with van der Waals surface area (Å²) in [6.45, 7) is 4.87. The van der Waals surface area contributed by atoms with E-state index in [2.05, 4.69) is 26.0 Å². The van der Waals surface area contributed by atoms with Crippen LogP contribution in [0.4, 0.5) is 0 Å². The third kappa shape index (κ3) is 2.02. The number of rotatable bonds is 0. The van der Waals surface area contributed by atoms with E-state index in [4.69, 9.17) is 10.5 Å². The molecule has 1 aliphatic rings. The van der Waals surface area contributed by atoms with E-state index in [9.17, 15) is 0 Å². The Balaban J connectivity index is 0.000000980. The zero-order valence-corrected chi connectivity index (χ0v) is 9.36. The number of fused-ring (bicyclic) bond motifs is 1. The molecule has 0 bridgehead atoms. The second-order valence-corrected chi connectivity index (χ2v) is 3.82. The second-order valence-electron chi connectivity index (χ2n) is 3.82. The van der Waals surface area contributed by atoms with Crippen molar-refractivity contribution in [3.8, 4) is 5.75 Å². The predicted molar refractivity (Wildman–Crippen MR) is 60.3 cm³/mol. The molecule has 2 N–H and O–H groups in total. The Morgan fingerprint density at radius 1 is 1.29 bits per heavy atom. The first-order valence-electron chi connectivity index (χ1n) is 4.65. The molecule has 0 amide bonds. The van der Waals surface area contributed by atoms with Crippen LogP contribution in [0.15, 0.2) is 12.1 Å². The van der Waals surface area contributed by atoms with Crippen LogP contribution in [-0.4, -0.2) is 12.6 Å². The number of nitrogens with two attached hydrogens (primary N) is 1. The van der Waals surface area contributed by atoms with Gasteiger partial charge in [0.15, 0.2) is 0 Å². The molecule has 1 unspecified atom stereocenters. The molecule has 0 aliphatic carbocycles. The molecule has 1 heterocycles. The van der Waals surface area contributed by atoms with Crippen molar-refractivity contribution in [1.29, 1.82) is 0 Å². The van der Waals surface area contributed by atoms with Crippen LogP contribution in [0.1, 0.15) is 16.7 Å². The third-order valence-corrected chi connectivity index (χ3v) is 2.61. The smallest absolute Gasteiger partial charge is 0.122 e. The lowest BCUT2D eigenvalue weighted by molar-refractivity contribution is 0.263. The lowest BCUT2D eigenvalue weighted by Crippen LogP contribution is -2.33. The summed E-state index contributed by atoms with van der Waals surface area (Å²) in [6, 6.07) is 4.45. The summed E-state index contributed by atoms with van der Waals surface area (Å²) in [7, 11) is 0. The Morgan fingerprint density at radius 3 is 2.64 bits per heavy atom. The zero-order valence-electron chi connectivity index (χ0n) is 8.54. The van der Waals surface area contributed by atoms with Crippen molar-refractivity contribution in [2.45, 2.75) is 26.3 Å². The fourth-order valence-corrected chi connectivity index (χ4v) is 1.68. The quantitative estimate of drug-likeness (QED) is 0.716. The zero-order chi connectivity index (χ0) is 9.42. The molecule has 1 aliphatic heterocycles. The number of aryl methyl sites for hydroxylation is 2. The van der Waals surface area contributed by atoms with Crippen molar-refractivity contribution >= 4 is 12.4 Å². The Kier molecular flexibility index (Phi) is 3.40. The van der Waals surface area contributed by atoms with Gasteiger partial charge < -0.3 is 10.5 Å². The minimum atomic E-state index is 0. The van der Waals surface area contributed by atoms with E-state index in [1.165, 1.54) is 16.7 Å². The Labute approximate surface area is 90.9 Å². The van der Waals surface area contributed by atoms with E-state index in [0.717, 1.165) is 12.2 Å². The van der Waals surface area contributed by atoms with Gasteiger partial charge in [-0.05, 0) is 43.0 Å². The van der Waals surface area contributed by atoms with Crippen LogP contribution < -0.4 is 10.5 Å². The first-order valence-corrected chi connectivity index (χ1v) is 4.65. The molecule has 1 aromatic carbocycles. The van der Waals surface area contributed by atoms with Crippen LogP contribution in [0.3, 0.4) is 0 Å². The second kappa shape index (κ2) is 4.20. The van der Waals surface area contributed by atoms with Crippen molar-refractivity contribution < 1.29 is 4.74 Å². The highest BCUT2D eigenvalue weighted by Crippen LogP contribution is 2.27. The van der Waals surface area contributed by atoms with E-state index in [-0.39, 0.29) is 18.4 Å². The number of ether oxygens (including phenoxy) is 1. The molecule has 14 heavy (non-hydrogen) atoms. The van der Waals surface area contributed by atoms with Gasteiger partial charge in [-0.15, -0.1) is 12.4 Å². The van der Waals surface area contributed by atoms with Crippen molar-refractivity contribution in [3.05, 3.63) is 28.8 Å². The fourth-order valence-electron chi connectivity index (χ4n) is 1.68. The van der Waals surface area contributed by atoms with E-state index in [0.29, 0.717) is 6.61 Å². The molecule has 1 aromatic rings. The van der Waals surface area contributed by atoms with Gasteiger partial charge >= 0.3 is 0 Å². The Bertz CT molecular complexity index is 338. The van der Waals surface area contributed by atoms with E-state index in [1.807, 2.05) is 0 Å². The van der Waals surface area contributed by atoms with Crippen LogP contribution >= 0.6 is 12.4 Å². The summed E-state index contributed by atoms with van der Waals surface area (Å²) >= 11 is 0. The molecule has 2 rings (SSSR count). The van der Waals surface area contributed by atoms with Crippen LogP contribution in [0.2, 0.25) is 0 Å². The number of benzene rings is 1. The standard InChI is InChI=1S/C11H15NO.ClH/c1-7-3-9-5-10(12)6-13-11(9)4-8(7)2;/h3-4,10H,5-6,12H2,1-2H3;1H. The highest BCUT2D eigenvalue weighted by Gasteiger charge is 2.16. The maximum atomic E-state index is 5.81. The lowest BCUT2D eigenvalue weighted by Gasteiger charge is -2.23. The van der Waals surface area contributed by atoms with Crippen molar-refractivity contribution in [1.82, 2.24) is 0 Å². The summed E-state index contributed by atoms with van der Waals surface area (Å²) in [5.41, 5.74) is 9.67. The lowest BCUT2D eigenvalue weighted by atomic mass is 9.98. The molecule has 0 saturated carbocycles. The third-order valence-electron chi connectivity index (χ3n) is 2.61. The van der Waals surface area contributed by atoms with Crippen LogP contribution in [0, 0.1) is 13.8 Å². The highest BCUT2D eigenvalue weighted by molar-refractivity contribution is 5.85. The molecule has 2 nitrogen and oxygen atoms in total. The van der Waals surface area contributed by atoms with Crippen molar-refractivity contribution in [2.24, 2.45) is 5.73 Å². The SMILES string of the molecule is Cc1cc2c(cc1C)OCC(N)C2.Cl. The summed E-state index contributed by atoms with van der Waals surface area (Å²) < 4.78 is 5.55. The number of halogens is 1. The minimum absolute atomic E-state index is 0. The van der Waals surface area contributed by atoms with Crippen molar-refractivity contribution in [3.63, 3.8) is 0 Å². The summed E-state index contributed by atoms with van der Waals surface area (Å²) in [4.78, 5) is 0. The Hall–Kier alpha value is -0.730. The molecular formula is C11H16ClNO. The molecule has 0 radical (unpaired) electrons. The normalized spacial score (nSPS) is 19.2. The van der Waals surface area contributed by atoms with Gasteiger partial charge in [0.25, 0.3) is 0 Å². The average molecular weight is 214 g/mol. The number of hydrogen-bond acceptors (Lipinski definition) is 2. The van der Waals surface area contributed by atoms with Gasteiger partial charge in [-0.2, -0.15) is 0 Å². The number of hydrogen-bond donors (Lipinski definition) is 1. The maximum absolute atomic E-state index is 5.81. The van der Waals surface area contributed by atoms with E-state index >= 15 is 0 Å². The molecule has 0 aromatic heterocycles. The summed E-state index contributed by atoms with van der Waals surface area (Å²) in [6.07, 6.45) is 0.941. The summed E-state index contributed by atoms with van der Waals surface area (Å²) in [5, 5.41) is 0. The van der Waals surface area contributed by atoms with Crippen molar-refractivity contribution in [2.75, 3.05) is 6.61 Å². The van der Waals surface area contributed by atoms with Gasteiger partial charge in [-0.3, -0.25) is 0 Å². The fraction of sp³-hybridized carbons (Fsp3) is 0.455.